The number of hydrogen-bond donors (Lipinski definition) is 2. The number of ether oxygens (including phenoxy) is 1. The SMILES string of the molecule is C=C1C=C(C)[C@H](CC)OC(=O)[C@H](C)C(=O)[C@@](O)(CO)CC(C)=C[C@@H](C)C1. The van der Waals surface area contributed by atoms with E-state index >= 15 is 0 Å². The molecule has 0 fully saturated rings. The Bertz CT molecular complexity index is 616. The van der Waals surface area contributed by atoms with Gasteiger partial charge in [0.05, 0.1) is 6.61 Å². The lowest BCUT2D eigenvalue weighted by Crippen LogP contribution is -2.48. The van der Waals surface area contributed by atoms with Gasteiger partial charge >= 0.3 is 5.97 Å². The molecule has 1 rings (SSSR count). The van der Waals surface area contributed by atoms with Crippen molar-refractivity contribution in [2.24, 2.45) is 11.8 Å². The second kappa shape index (κ2) is 9.28. The zero-order valence-electron chi connectivity index (χ0n) is 16.5. The summed E-state index contributed by atoms with van der Waals surface area (Å²) in [5, 5.41) is 20.3. The van der Waals surface area contributed by atoms with Gasteiger partial charge in [0.15, 0.2) is 11.4 Å². The molecular formula is C21H32O5. The van der Waals surface area contributed by atoms with E-state index in [1.807, 2.05) is 32.9 Å². The predicted molar refractivity (Wildman–Crippen MR) is 101 cm³/mol. The van der Waals surface area contributed by atoms with Crippen molar-refractivity contribution in [3.8, 4) is 0 Å². The molecular weight excluding hydrogens is 332 g/mol. The van der Waals surface area contributed by atoms with Gasteiger partial charge in [-0.05, 0) is 45.1 Å². The van der Waals surface area contributed by atoms with E-state index in [0.29, 0.717) is 12.8 Å². The monoisotopic (exact) mass is 364 g/mol. The number of aliphatic hydroxyl groups excluding tert-OH is 1. The molecule has 4 atom stereocenters. The third kappa shape index (κ3) is 5.64. The number of aliphatic hydroxyl groups is 2. The molecule has 0 amide bonds. The van der Waals surface area contributed by atoms with Crippen LogP contribution in [-0.4, -0.2) is 40.3 Å². The van der Waals surface area contributed by atoms with Crippen LogP contribution in [0.4, 0.5) is 0 Å². The predicted octanol–water partition coefficient (Wildman–Crippen LogP) is 3.12. The molecule has 0 aromatic rings. The van der Waals surface area contributed by atoms with Crippen molar-refractivity contribution < 1.29 is 24.5 Å². The van der Waals surface area contributed by atoms with Crippen LogP contribution in [0.15, 0.2) is 35.5 Å². The van der Waals surface area contributed by atoms with E-state index < -0.39 is 36.0 Å². The van der Waals surface area contributed by atoms with E-state index in [-0.39, 0.29) is 12.3 Å². The first-order valence-corrected chi connectivity index (χ1v) is 9.15. The number of ketones is 1. The zero-order chi connectivity index (χ0) is 20.1. The second-order valence-corrected chi connectivity index (χ2v) is 7.53. The van der Waals surface area contributed by atoms with E-state index in [2.05, 4.69) is 6.58 Å². The highest BCUT2D eigenvalue weighted by Gasteiger charge is 2.42. The van der Waals surface area contributed by atoms with Gasteiger partial charge in [-0.15, -0.1) is 0 Å². The Morgan fingerprint density at radius 2 is 1.92 bits per heavy atom. The van der Waals surface area contributed by atoms with Gasteiger partial charge in [0, 0.05) is 6.42 Å². The fourth-order valence-electron chi connectivity index (χ4n) is 3.42. The first-order valence-electron chi connectivity index (χ1n) is 9.15. The van der Waals surface area contributed by atoms with E-state index in [1.54, 1.807) is 6.92 Å². The van der Waals surface area contributed by atoms with Gasteiger partial charge in [-0.3, -0.25) is 9.59 Å². The van der Waals surface area contributed by atoms with Crippen molar-refractivity contribution in [3.05, 3.63) is 35.5 Å². The Morgan fingerprint density at radius 1 is 1.31 bits per heavy atom. The molecule has 0 aromatic heterocycles. The number of esters is 1. The molecule has 0 saturated carbocycles. The van der Waals surface area contributed by atoms with Crippen LogP contribution in [-0.2, 0) is 14.3 Å². The molecule has 0 aromatic carbocycles. The maximum absolute atomic E-state index is 12.7. The number of Topliss-reactive ketones (excluding diaryl/α,β-unsaturated/α-hetero) is 1. The van der Waals surface area contributed by atoms with Crippen LogP contribution in [0.1, 0.15) is 53.9 Å². The molecule has 0 aliphatic carbocycles. The van der Waals surface area contributed by atoms with Crippen molar-refractivity contribution in [3.63, 3.8) is 0 Å². The summed E-state index contributed by atoms with van der Waals surface area (Å²) < 4.78 is 5.50. The Hall–Kier alpha value is -1.72. The van der Waals surface area contributed by atoms with Crippen molar-refractivity contribution in [1.29, 1.82) is 0 Å². The summed E-state index contributed by atoms with van der Waals surface area (Å²) in [6.45, 7) is 12.3. The largest absolute Gasteiger partial charge is 0.457 e. The molecule has 0 bridgehead atoms. The maximum Gasteiger partial charge on any atom is 0.316 e. The third-order valence-corrected chi connectivity index (χ3v) is 4.76. The Morgan fingerprint density at radius 3 is 2.46 bits per heavy atom. The van der Waals surface area contributed by atoms with Crippen molar-refractivity contribution in [1.82, 2.24) is 0 Å². The molecule has 146 valence electrons. The minimum atomic E-state index is -1.99. The quantitative estimate of drug-likeness (QED) is 0.447. The van der Waals surface area contributed by atoms with E-state index in [0.717, 1.165) is 16.7 Å². The minimum absolute atomic E-state index is 0.0250. The van der Waals surface area contributed by atoms with Gasteiger partial charge in [-0.25, -0.2) is 0 Å². The lowest BCUT2D eigenvalue weighted by atomic mass is 9.84. The third-order valence-electron chi connectivity index (χ3n) is 4.76. The van der Waals surface area contributed by atoms with Crippen molar-refractivity contribution in [2.45, 2.75) is 65.6 Å². The molecule has 0 saturated heterocycles. The number of carbonyl (C=O) groups is 2. The molecule has 5 nitrogen and oxygen atoms in total. The summed E-state index contributed by atoms with van der Waals surface area (Å²) in [6, 6.07) is 0. The van der Waals surface area contributed by atoms with Crippen LogP contribution in [0.5, 0.6) is 0 Å². The van der Waals surface area contributed by atoms with Gasteiger partial charge in [-0.2, -0.15) is 0 Å². The molecule has 26 heavy (non-hydrogen) atoms. The van der Waals surface area contributed by atoms with Gasteiger partial charge in [0.2, 0.25) is 0 Å². The summed E-state index contributed by atoms with van der Waals surface area (Å²) in [6.07, 6.45) is 4.70. The van der Waals surface area contributed by atoms with Gasteiger partial charge in [0.25, 0.3) is 0 Å². The minimum Gasteiger partial charge on any atom is -0.457 e. The molecule has 0 unspecified atom stereocenters. The van der Waals surface area contributed by atoms with Gasteiger partial charge < -0.3 is 14.9 Å². The summed E-state index contributed by atoms with van der Waals surface area (Å²) in [5.74, 6) is -2.42. The molecule has 5 heteroatoms. The standard InChI is InChI=1S/C21H32O5/c1-7-18-16(5)10-14(3)8-13(2)9-15(4)11-21(25,12-22)19(23)17(6)20(24)26-18/h9-10,13,17-18,22,25H,3,7-8,11-12H2,1-2,4-6H3/t13-,17+,18-,21-/m0/s1. The average molecular weight is 364 g/mol. The molecule has 1 heterocycles. The normalized spacial score (nSPS) is 32.4. The Balaban J connectivity index is 3.32. The number of rotatable bonds is 2. The topological polar surface area (TPSA) is 83.8 Å². The van der Waals surface area contributed by atoms with Crippen LogP contribution in [0.3, 0.4) is 0 Å². The van der Waals surface area contributed by atoms with Gasteiger partial charge in [0.1, 0.15) is 12.0 Å². The number of carbonyl (C=O) groups excluding carboxylic acids is 2. The van der Waals surface area contributed by atoms with Gasteiger partial charge in [-0.1, -0.05) is 43.7 Å². The summed E-state index contributed by atoms with van der Waals surface area (Å²) in [7, 11) is 0. The average Bonchev–Trinajstić information content (AvgIpc) is 2.56. The summed E-state index contributed by atoms with van der Waals surface area (Å²) >= 11 is 0. The lowest BCUT2D eigenvalue weighted by Gasteiger charge is -2.28. The highest BCUT2D eigenvalue weighted by Crippen LogP contribution is 2.26. The summed E-state index contributed by atoms with van der Waals surface area (Å²) in [4.78, 5) is 25.1. The van der Waals surface area contributed by atoms with E-state index in [9.17, 15) is 19.8 Å². The Kier molecular flexibility index (Phi) is 7.97. The summed E-state index contributed by atoms with van der Waals surface area (Å²) in [5.41, 5.74) is 0.576. The first-order chi connectivity index (χ1) is 12.0. The molecule has 0 radical (unpaired) electrons. The van der Waals surface area contributed by atoms with Crippen LogP contribution in [0.25, 0.3) is 0 Å². The highest BCUT2D eigenvalue weighted by atomic mass is 16.5. The molecule has 0 spiro atoms. The zero-order valence-corrected chi connectivity index (χ0v) is 16.5. The number of cyclic esters (lactones) is 1. The molecule has 1 aliphatic heterocycles. The van der Waals surface area contributed by atoms with Crippen LogP contribution < -0.4 is 0 Å². The maximum atomic E-state index is 12.7. The first kappa shape index (κ1) is 22.3. The van der Waals surface area contributed by atoms with Crippen molar-refractivity contribution >= 4 is 11.8 Å². The number of allylic oxidation sites excluding steroid dienone is 3. The van der Waals surface area contributed by atoms with Crippen LogP contribution in [0, 0.1) is 11.8 Å². The Labute approximate surface area is 156 Å². The van der Waals surface area contributed by atoms with Crippen molar-refractivity contribution in [2.75, 3.05) is 6.61 Å². The van der Waals surface area contributed by atoms with Crippen LogP contribution >= 0.6 is 0 Å². The molecule has 1 aliphatic rings. The lowest BCUT2D eigenvalue weighted by molar-refractivity contribution is -0.161. The smallest absolute Gasteiger partial charge is 0.316 e. The van der Waals surface area contributed by atoms with E-state index in [4.69, 9.17) is 4.74 Å². The highest BCUT2D eigenvalue weighted by molar-refractivity contribution is 6.03. The molecule has 2 N–H and O–H groups in total. The fraction of sp³-hybridized carbons (Fsp3) is 0.619. The number of hydrogen-bond acceptors (Lipinski definition) is 5. The van der Waals surface area contributed by atoms with E-state index in [1.165, 1.54) is 6.92 Å². The second-order valence-electron chi connectivity index (χ2n) is 7.53. The fourth-order valence-corrected chi connectivity index (χ4v) is 3.42. The van der Waals surface area contributed by atoms with Crippen LogP contribution in [0.2, 0.25) is 0 Å².